The summed E-state index contributed by atoms with van der Waals surface area (Å²) in [4.78, 5) is 2.35. The van der Waals surface area contributed by atoms with Crippen molar-refractivity contribution in [3.63, 3.8) is 0 Å². The zero-order valence-corrected chi connectivity index (χ0v) is 16.5. The molecule has 0 saturated heterocycles. The van der Waals surface area contributed by atoms with Gasteiger partial charge >= 0.3 is 0 Å². The summed E-state index contributed by atoms with van der Waals surface area (Å²) in [6.07, 6.45) is 0. The second-order valence-electron chi connectivity index (χ2n) is 6.00. The summed E-state index contributed by atoms with van der Waals surface area (Å²) < 4.78 is 0. The van der Waals surface area contributed by atoms with Crippen molar-refractivity contribution in [2.45, 2.75) is 20.0 Å². The monoisotopic (exact) mass is 387 g/mol. The van der Waals surface area contributed by atoms with E-state index in [0.717, 1.165) is 29.6 Å². The molecule has 0 heterocycles. The summed E-state index contributed by atoms with van der Waals surface area (Å²) in [5, 5.41) is 1.05. The van der Waals surface area contributed by atoms with Crippen LogP contribution in [0.3, 0.4) is 0 Å². The van der Waals surface area contributed by atoms with Crippen molar-refractivity contribution in [3.8, 4) is 0 Å². The molecule has 0 spiro atoms. The number of anilines is 1. The molecule has 0 aliphatic rings. The first kappa shape index (κ1) is 18.3. The van der Waals surface area contributed by atoms with E-state index in [-0.39, 0.29) is 0 Å². The van der Waals surface area contributed by atoms with Crippen molar-refractivity contribution >= 4 is 40.1 Å². The number of halogens is 2. The Labute approximate surface area is 160 Å². The quantitative estimate of drug-likeness (QED) is 0.429. The smallest absolute Gasteiger partial charge is 0.119 e. The maximum atomic E-state index is 6.37. The van der Waals surface area contributed by atoms with Gasteiger partial charge in [-0.3, -0.25) is 0 Å². The molecule has 3 rings (SSSR count). The maximum Gasteiger partial charge on any atom is 0.119 e. The Bertz CT molecular complexity index is 765. The van der Waals surface area contributed by atoms with Crippen LogP contribution in [0.4, 0.5) is 5.69 Å². The van der Waals surface area contributed by atoms with E-state index < -0.39 is 6.63 Å². The number of hydrogen-bond donors (Lipinski definition) is 0. The van der Waals surface area contributed by atoms with Gasteiger partial charge in [-0.1, -0.05) is 95.3 Å². The summed E-state index contributed by atoms with van der Waals surface area (Å²) in [5.41, 5.74) is 4.78. The fraction of sp³-hybridized carbons (Fsp3) is 0.143. The van der Waals surface area contributed by atoms with Crippen molar-refractivity contribution in [2.75, 3.05) is 4.90 Å². The molecule has 0 unspecified atom stereocenters. The van der Waals surface area contributed by atoms with Gasteiger partial charge in [-0.2, -0.15) is 0 Å². The average molecular weight is 388 g/mol. The molecule has 0 radical (unpaired) electrons. The minimum absolute atomic E-state index is 0.809. The first-order chi connectivity index (χ1) is 12.1. The van der Waals surface area contributed by atoms with Gasteiger partial charge in [0.2, 0.25) is 0 Å². The van der Waals surface area contributed by atoms with Gasteiger partial charge in [0.15, 0.2) is 0 Å². The molecule has 4 heteroatoms. The zero-order chi connectivity index (χ0) is 17.6. The number of hydrogen-bond acceptors (Lipinski definition) is 1. The number of aryl methyl sites for hydroxylation is 1. The van der Waals surface area contributed by atoms with Crippen LogP contribution in [0.15, 0.2) is 78.9 Å². The third-order valence-electron chi connectivity index (χ3n) is 4.16. The van der Waals surface area contributed by atoms with Crippen molar-refractivity contribution in [1.82, 2.24) is 0 Å². The summed E-state index contributed by atoms with van der Waals surface area (Å²) in [6, 6.07) is 27.2. The molecule has 0 fully saturated rings. The topological polar surface area (TPSA) is 3.24 Å². The lowest BCUT2D eigenvalue weighted by molar-refractivity contribution is 0.802. The summed E-state index contributed by atoms with van der Waals surface area (Å²) in [6.45, 7) is 2.47. The highest BCUT2D eigenvalue weighted by molar-refractivity contribution is 8.09. The fourth-order valence-corrected chi connectivity index (χ4v) is 5.00. The Morgan fingerprint density at radius 2 is 1.24 bits per heavy atom. The van der Waals surface area contributed by atoms with Crippen LogP contribution in [0.1, 0.15) is 16.7 Å². The van der Waals surface area contributed by atoms with Crippen LogP contribution in [0.25, 0.3) is 0 Å². The Balaban J connectivity index is 2.00. The molecular weight excluding hydrogens is 368 g/mol. The molecule has 1 nitrogen and oxygen atoms in total. The van der Waals surface area contributed by atoms with Crippen LogP contribution in [-0.2, 0) is 13.1 Å². The lowest BCUT2D eigenvalue weighted by atomic mass is 10.1. The normalized spacial score (nSPS) is 10.9. The van der Waals surface area contributed by atoms with Gasteiger partial charge in [0, 0.05) is 24.1 Å². The molecule has 3 aromatic carbocycles. The molecule has 0 aromatic heterocycles. The van der Waals surface area contributed by atoms with Gasteiger partial charge in [0.05, 0.1) is 0 Å². The van der Waals surface area contributed by atoms with Gasteiger partial charge in [0.1, 0.15) is 6.63 Å². The van der Waals surface area contributed by atoms with E-state index in [9.17, 15) is 0 Å². The van der Waals surface area contributed by atoms with E-state index in [1.807, 2.05) is 12.1 Å². The highest BCUT2D eigenvalue weighted by Crippen LogP contribution is 2.49. The van der Waals surface area contributed by atoms with E-state index >= 15 is 0 Å². The van der Waals surface area contributed by atoms with E-state index in [2.05, 4.69) is 78.6 Å². The van der Waals surface area contributed by atoms with Crippen molar-refractivity contribution in [3.05, 3.63) is 95.6 Å². The highest BCUT2D eigenvalue weighted by Gasteiger charge is 2.18. The first-order valence-corrected chi connectivity index (χ1v) is 11.3. The number of nitrogens with zero attached hydrogens (tertiary/aromatic N) is 1. The van der Waals surface area contributed by atoms with Gasteiger partial charge in [-0.05, 0) is 29.7 Å². The standard InChI is InChI=1S/C21H20Cl2NP/c1-17-9-8-14-20(21(17)25(22)23)24(15-18-10-4-2-5-11-18)16-19-12-6-3-7-13-19/h2-14H,15-16H2,1H3. The summed E-state index contributed by atoms with van der Waals surface area (Å²) in [5.74, 6) is 0. The van der Waals surface area contributed by atoms with E-state index in [1.165, 1.54) is 11.1 Å². The lowest BCUT2D eigenvalue weighted by Gasteiger charge is -2.28. The van der Waals surface area contributed by atoms with E-state index in [4.69, 9.17) is 22.5 Å². The Kier molecular flexibility index (Phi) is 6.37. The SMILES string of the molecule is Cc1cccc(N(Cc2ccccc2)Cc2ccccc2)c1P(Cl)Cl. The van der Waals surface area contributed by atoms with Crippen LogP contribution < -0.4 is 10.2 Å². The van der Waals surface area contributed by atoms with Gasteiger partial charge in [0.25, 0.3) is 0 Å². The van der Waals surface area contributed by atoms with Crippen molar-refractivity contribution in [1.29, 1.82) is 0 Å². The molecule has 0 saturated carbocycles. The third-order valence-corrected chi connectivity index (χ3v) is 6.09. The lowest BCUT2D eigenvalue weighted by Crippen LogP contribution is -2.27. The molecule has 0 aliphatic heterocycles. The van der Waals surface area contributed by atoms with Crippen LogP contribution >= 0.6 is 29.1 Å². The number of rotatable bonds is 6. The molecule has 0 atom stereocenters. The Hall–Kier alpha value is -1.53. The largest absolute Gasteiger partial charge is 0.362 e. The Morgan fingerprint density at radius 3 is 1.72 bits per heavy atom. The molecule has 0 N–H and O–H groups in total. The van der Waals surface area contributed by atoms with Crippen LogP contribution in [0.5, 0.6) is 0 Å². The highest BCUT2D eigenvalue weighted by atomic mass is 35.9. The predicted octanol–water partition coefficient (Wildman–Crippen LogP) is 6.62. The molecule has 0 amide bonds. The summed E-state index contributed by atoms with van der Waals surface area (Å²) >= 11 is 12.7. The predicted molar refractivity (Wildman–Crippen MR) is 112 cm³/mol. The minimum Gasteiger partial charge on any atom is -0.362 e. The third kappa shape index (κ3) is 4.76. The molecular formula is C21H20Cl2NP. The maximum absolute atomic E-state index is 6.37. The van der Waals surface area contributed by atoms with Crippen LogP contribution in [-0.4, -0.2) is 0 Å². The zero-order valence-electron chi connectivity index (χ0n) is 14.1. The average Bonchev–Trinajstić information content (AvgIpc) is 2.62. The second-order valence-corrected chi connectivity index (χ2v) is 9.46. The van der Waals surface area contributed by atoms with Gasteiger partial charge < -0.3 is 4.90 Å². The minimum atomic E-state index is -1.22. The first-order valence-electron chi connectivity index (χ1n) is 8.19. The molecule has 128 valence electrons. The molecule has 0 bridgehead atoms. The fourth-order valence-electron chi connectivity index (χ4n) is 2.95. The molecule has 0 aliphatic carbocycles. The van der Waals surface area contributed by atoms with Gasteiger partial charge in [-0.15, -0.1) is 0 Å². The molecule has 25 heavy (non-hydrogen) atoms. The summed E-state index contributed by atoms with van der Waals surface area (Å²) in [7, 11) is 0. The van der Waals surface area contributed by atoms with Crippen molar-refractivity contribution in [2.24, 2.45) is 0 Å². The second kappa shape index (κ2) is 8.72. The number of benzene rings is 3. The van der Waals surface area contributed by atoms with Crippen LogP contribution in [0.2, 0.25) is 0 Å². The van der Waals surface area contributed by atoms with Crippen molar-refractivity contribution < 1.29 is 0 Å². The Morgan fingerprint density at radius 1 is 0.720 bits per heavy atom. The van der Waals surface area contributed by atoms with E-state index in [1.54, 1.807) is 0 Å². The molecule has 3 aromatic rings. The van der Waals surface area contributed by atoms with Crippen LogP contribution in [0, 0.1) is 6.92 Å². The van der Waals surface area contributed by atoms with Gasteiger partial charge in [-0.25, -0.2) is 0 Å². The van der Waals surface area contributed by atoms with E-state index in [0.29, 0.717) is 0 Å².